The molecule has 0 bridgehead atoms. The monoisotopic (exact) mass is 272 g/mol. The molecule has 3 nitrogen and oxygen atoms in total. The molecule has 0 radical (unpaired) electrons. The molecule has 0 saturated heterocycles. The van der Waals surface area contributed by atoms with Gasteiger partial charge in [0, 0.05) is 13.5 Å². The minimum absolute atomic E-state index is 0.179. The zero-order valence-electron chi connectivity index (χ0n) is 9.29. The topological polar surface area (TPSA) is 34.9 Å². The number of aromatic nitrogens is 2. The van der Waals surface area contributed by atoms with Gasteiger partial charge >= 0.3 is 0 Å². The van der Waals surface area contributed by atoms with E-state index in [2.05, 4.69) is 28.0 Å². The first-order valence-corrected chi connectivity index (χ1v) is 6.16. The first kappa shape index (κ1) is 12.4. The Labute approximate surface area is 99.0 Å². The number of rotatable bonds is 6. The lowest BCUT2D eigenvalue weighted by Crippen LogP contribution is -2.07. The molecule has 1 rings (SSSR count). The molecule has 0 unspecified atom stereocenters. The molecule has 0 saturated carbocycles. The van der Waals surface area contributed by atoms with Crippen molar-refractivity contribution in [2.45, 2.75) is 39.0 Å². The van der Waals surface area contributed by atoms with E-state index in [0.29, 0.717) is 12.1 Å². The second-order valence-corrected chi connectivity index (χ2v) is 4.55. The summed E-state index contributed by atoms with van der Waals surface area (Å²) in [5.74, 6) is 0.179. The van der Waals surface area contributed by atoms with Crippen molar-refractivity contribution < 1.29 is 4.79 Å². The largest absolute Gasteiger partial charge is 0.292 e. The number of unbranched alkanes of at least 4 members (excludes halogenated alkanes) is 3. The number of carbonyl (C=O) groups excluding carboxylic acids is 1. The summed E-state index contributed by atoms with van der Waals surface area (Å²) < 4.78 is 2.43. The van der Waals surface area contributed by atoms with E-state index in [9.17, 15) is 4.79 Å². The summed E-state index contributed by atoms with van der Waals surface area (Å²) in [4.78, 5) is 11.8. The highest BCUT2D eigenvalue weighted by molar-refractivity contribution is 9.10. The highest BCUT2D eigenvalue weighted by Gasteiger charge is 2.14. The van der Waals surface area contributed by atoms with Gasteiger partial charge in [0.05, 0.1) is 10.7 Å². The highest BCUT2D eigenvalue weighted by atomic mass is 79.9. The van der Waals surface area contributed by atoms with Crippen molar-refractivity contribution in [3.05, 3.63) is 16.4 Å². The van der Waals surface area contributed by atoms with Gasteiger partial charge in [-0.05, 0) is 22.4 Å². The molecule has 0 atom stereocenters. The maximum absolute atomic E-state index is 11.8. The van der Waals surface area contributed by atoms with Crippen molar-refractivity contribution in [3.8, 4) is 0 Å². The Kier molecular flexibility index (Phi) is 5.02. The number of nitrogens with zero attached hydrogens (tertiary/aromatic N) is 2. The fourth-order valence-electron chi connectivity index (χ4n) is 1.56. The number of carbonyl (C=O) groups is 1. The second-order valence-electron chi connectivity index (χ2n) is 3.70. The lowest BCUT2D eigenvalue weighted by Gasteiger charge is -2.02. The maximum Gasteiger partial charge on any atom is 0.182 e. The predicted molar refractivity (Wildman–Crippen MR) is 64.0 cm³/mol. The summed E-state index contributed by atoms with van der Waals surface area (Å²) in [5.41, 5.74) is 0.687. The number of aryl methyl sites for hydroxylation is 1. The summed E-state index contributed by atoms with van der Waals surface area (Å²) in [6, 6.07) is 0. The Balaban J connectivity index is 2.47. The SMILES string of the molecule is CCCCCCC(=O)c1c(Br)cnn1C. The molecule has 84 valence electrons. The molecular weight excluding hydrogens is 256 g/mol. The minimum atomic E-state index is 0.179. The summed E-state index contributed by atoms with van der Waals surface area (Å²) in [6.07, 6.45) is 6.81. The number of halogens is 1. The highest BCUT2D eigenvalue weighted by Crippen LogP contribution is 2.18. The van der Waals surface area contributed by atoms with Crippen LogP contribution in [0.1, 0.15) is 49.5 Å². The molecule has 0 spiro atoms. The van der Waals surface area contributed by atoms with Gasteiger partial charge in [0.1, 0.15) is 5.69 Å². The summed E-state index contributed by atoms with van der Waals surface area (Å²) >= 11 is 3.34. The fourth-order valence-corrected chi connectivity index (χ4v) is 2.12. The number of hydrogen-bond donors (Lipinski definition) is 0. The van der Waals surface area contributed by atoms with Crippen LogP contribution in [0.25, 0.3) is 0 Å². The Morgan fingerprint density at radius 2 is 2.20 bits per heavy atom. The van der Waals surface area contributed by atoms with Crippen LogP contribution < -0.4 is 0 Å². The third-order valence-electron chi connectivity index (χ3n) is 2.42. The molecule has 0 fully saturated rings. The summed E-state index contributed by atoms with van der Waals surface area (Å²) in [5, 5.41) is 4.03. The summed E-state index contributed by atoms with van der Waals surface area (Å²) in [7, 11) is 1.80. The fraction of sp³-hybridized carbons (Fsp3) is 0.636. The van der Waals surface area contributed by atoms with E-state index < -0.39 is 0 Å². The molecule has 0 N–H and O–H groups in total. The van der Waals surface area contributed by atoms with Gasteiger partial charge in [-0.3, -0.25) is 9.48 Å². The third-order valence-corrected chi connectivity index (χ3v) is 3.00. The van der Waals surface area contributed by atoms with Gasteiger partial charge in [-0.2, -0.15) is 5.10 Å². The molecule has 0 aliphatic rings. The van der Waals surface area contributed by atoms with Crippen molar-refractivity contribution >= 4 is 21.7 Å². The maximum atomic E-state index is 11.8. The first-order chi connectivity index (χ1) is 7.16. The van der Waals surface area contributed by atoms with E-state index in [1.165, 1.54) is 12.8 Å². The van der Waals surface area contributed by atoms with Crippen LogP contribution in [0.2, 0.25) is 0 Å². The first-order valence-electron chi connectivity index (χ1n) is 5.37. The van der Waals surface area contributed by atoms with Crippen molar-refractivity contribution in [3.63, 3.8) is 0 Å². The zero-order chi connectivity index (χ0) is 11.3. The van der Waals surface area contributed by atoms with Crippen LogP contribution in [0.15, 0.2) is 10.7 Å². The van der Waals surface area contributed by atoms with Gasteiger partial charge < -0.3 is 0 Å². The molecular formula is C11H17BrN2O. The van der Waals surface area contributed by atoms with Gasteiger partial charge in [-0.15, -0.1) is 0 Å². The molecule has 0 aromatic carbocycles. The third kappa shape index (κ3) is 3.45. The number of Topliss-reactive ketones (excluding diaryl/α,β-unsaturated/α-hetero) is 1. The van der Waals surface area contributed by atoms with Crippen molar-refractivity contribution in [1.82, 2.24) is 9.78 Å². The number of hydrogen-bond acceptors (Lipinski definition) is 2. The van der Waals surface area contributed by atoms with Gasteiger partial charge in [-0.1, -0.05) is 26.2 Å². The molecule has 0 amide bonds. The van der Waals surface area contributed by atoms with E-state index >= 15 is 0 Å². The average Bonchev–Trinajstić information content (AvgIpc) is 2.53. The normalized spacial score (nSPS) is 10.6. The zero-order valence-corrected chi connectivity index (χ0v) is 10.9. The van der Waals surface area contributed by atoms with Gasteiger partial charge in [0.25, 0.3) is 0 Å². The lowest BCUT2D eigenvalue weighted by atomic mass is 10.1. The van der Waals surface area contributed by atoms with E-state index in [1.54, 1.807) is 17.9 Å². The van der Waals surface area contributed by atoms with E-state index in [1.807, 2.05) is 0 Å². The van der Waals surface area contributed by atoms with Gasteiger partial charge in [-0.25, -0.2) is 0 Å². The summed E-state index contributed by atoms with van der Waals surface area (Å²) in [6.45, 7) is 2.17. The Morgan fingerprint density at radius 3 is 2.73 bits per heavy atom. The van der Waals surface area contributed by atoms with Crippen LogP contribution in [0.3, 0.4) is 0 Å². The molecule has 1 aromatic heterocycles. The van der Waals surface area contributed by atoms with Crippen LogP contribution >= 0.6 is 15.9 Å². The molecule has 15 heavy (non-hydrogen) atoms. The lowest BCUT2D eigenvalue weighted by molar-refractivity contribution is 0.0969. The smallest absolute Gasteiger partial charge is 0.182 e. The average molecular weight is 273 g/mol. The van der Waals surface area contributed by atoms with Crippen LogP contribution in [0, 0.1) is 0 Å². The van der Waals surface area contributed by atoms with Crippen molar-refractivity contribution in [2.24, 2.45) is 7.05 Å². The van der Waals surface area contributed by atoms with E-state index in [-0.39, 0.29) is 5.78 Å². The Morgan fingerprint density at radius 1 is 1.47 bits per heavy atom. The Hall–Kier alpha value is -0.640. The van der Waals surface area contributed by atoms with Crippen LogP contribution in [-0.2, 0) is 7.05 Å². The van der Waals surface area contributed by atoms with Gasteiger partial charge in [0.2, 0.25) is 0 Å². The predicted octanol–water partition coefficient (Wildman–Crippen LogP) is 3.34. The Bertz CT molecular complexity index is 314. The van der Waals surface area contributed by atoms with Gasteiger partial charge in [0.15, 0.2) is 5.78 Å². The van der Waals surface area contributed by atoms with Crippen molar-refractivity contribution in [1.29, 1.82) is 0 Å². The van der Waals surface area contributed by atoms with Crippen LogP contribution in [-0.4, -0.2) is 15.6 Å². The molecule has 1 aromatic rings. The molecule has 1 heterocycles. The van der Waals surface area contributed by atoms with Crippen LogP contribution in [0.5, 0.6) is 0 Å². The van der Waals surface area contributed by atoms with E-state index in [0.717, 1.165) is 17.3 Å². The molecule has 0 aliphatic heterocycles. The number of ketones is 1. The molecule has 0 aliphatic carbocycles. The molecule has 4 heteroatoms. The van der Waals surface area contributed by atoms with Crippen LogP contribution in [0.4, 0.5) is 0 Å². The standard InChI is InChI=1S/C11H17BrN2O/c1-3-4-5-6-7-10(15)11-9(12)8-13-14(11)2/h8H,3-7H2,1-2H3. The second kappa shape index (κ2) is 6.05. The minimum Gasteiger partial charge on any atom is -0.292 e. The van der Waals surface area contributed by atoms with E-state index in [4.69, 9.17) is 0 Å². The quantitative estimate of drug-likeness (QED) is 0.588. The van der Waals surface area contributed by atoms with Crippen molar-refractivity contribution in [2.75, 3.05) is 0 Å².